The van der Waals surface area contributed by atoms with Gasteiger partial charge in [0.05, 0.1) is 16.8 Å². The monoisotopic (exact) mass is 370 g/mol. The van der Waals surface area contributed by atoms with Crippen LogP contribution >= 0.6 is 50.5 Å². The van der Waals surface area contributed by atoms with Gasteiger partial charge in [0.1, 0.15) is 4.58 Å². The summed E-state index contributed by atoms with van der Waals surface area (Å²) in [5.41, 5.74) is 0. The molecule has 0 aliphatic heterocycles. The molecule has 0 saturated heterocycles. The molecule has 0 spiro atoms. The Labute approximate surface area is 131 Å². The summed E-state index contributed by atoms with van der Waals surface area (Å²) in [5, 5.41) is -1.51. The quantitative estimate of drug-likeness (QED) is 0.473. The van der Waals surface area contributed by atoms with Gasteiger partial charge in [-0.2, -0.15) is 50.5 Å². The van der Waals surface area contributed by atoms with E-state index in [2.05, 4.69) is 50.5 Å². The molecule has 0 aromatic rings. The molecule has 4 nitrogen and oxygen atoms in total. The average molecular weight is 371 g/mol. The summed E-state index contributed by atoms with van der Waals surface area (Å²) in [6, 6.07) is 0. The van der Waals surface area contributed by atoms with Crippen molar-refractivity contribution in [2.24, 2.45) is 0 Å². The van der Waals surface area contributed by atoms with Crippen LogP contribution < -0.4 is 0 Å². The normalized spacial score (nSPS) is 18.3. The number of sulfone groups is 2. The Morgan fingerprint density at radius 1 is 1.00 bits per heavy atom. The summed E-state index contributed by atoms with van der Waals surface area (Å²) < 4.78 is 46.3. The Morgan fingerprint density at radius 2 is 1.50 bits per heavy atom. The SMILES string of the molecule is CC(CS(=O)(=O)C(S)C(S)CS)S(=O)(=O)CCS. The van der Waals surface area contributed by atoms with Crippen LogP contribution in [-0.2, 0) is 19.7 Å². The van der Waals surface area contributed by atoms with Gasteiger partial charge in [0, 0.05) is 16.8 Å². The van der Waals surface area contributed by atoms with Crippen molar-refractivity contribution in [3.8, 4) is 0 Å². The Kier molecular flexibility index (Phi) is 8.49. The van der Waals surface area contributed by atoms with Crippen molar-refractivity contribution in [2.45, 2.75) is 22.0 Å². The molecule has 0 amide bonds. The summed E-state index contributed by atoms with van der Waals surface area (Å²) >= 11 is 15.8. The molecule has 0 N–H and O–H groups in total. The lowest BCUT2D eigenvalue weighted by molar-refractivity contribution is 0.577. The van der Waals surface area contributed by atoms with Crippen LogP contribution in [-0.4, -0.2) is 54.9 Å². The van der Waals surface area contributed by atoms with E-state index in [1.165, 1.54) is 6.92 Å². The molecular weight excluding hydrogens is 352 g/mol. The van der Waals surface area contributed by atoms with Crippen molar-refractivity contribution in [1.82, 2.24) is 0 Å². The van der Waals surface area contributed by atoms with Gasteiger partial charge in [0.25, 0.3) is 0 Å². The van der Waals surface area contributed by atoms with Gasteiger partial charge in [0.15, 0.2) is 19.7 Å². The van der Waals surface area contributed by atoms with Gasteiger partial charge in [-0.15, -0.1) is 0 Å². The average Bonchev–Trinajstić information content (AvgIpc) is 2.26. The minimum absolute atomic E-state index is 0.138. The molecule has 0 bridgehead atoms. The van der Waals surface area contributed by atoms with Gasteiger partial charge in [-0.1, -0.05) is 0 Å². The predicted octanol–water partition coefficient (Wildman–Crippen LogP) is 0.618. The predicted molar refractivity (Wildman–Crippen MR) is 90.3 cm³/mol. The summed E-state index contributed by atoms with van der Waals surface area (Å²) in [6.45, 7) is 1.38. The molecule has 0 fully saturated rings. The van der Waals surface area contributed by atoms with Crippen LogP contribution in [0.4, 0.5) is 0 Å². The Hall–Kier alpha value is 1.30. The van der Waals surface area contributed by atoms with Crippen molar-refractivity contribution < 1.29 is 16.8 Å². The fourth-order valence-corrected chi connectivity index (χ4v) is 6.87. The summed E-state index contributed by atoms with van der Waals surface area (Å²) in [5.74, 6) is -0.180. The highest BCUT2D eigenvalue weighted by Gasteiger charge is 2.33. The molecule has 0 saturated carbocycles. The van der Waals surface area contributed by atoms with Gasteiger partial charge < -0.3 is 0 Å². The zero-order chi connectivity index (χ0) is 14.6. The highest BCUT2D eigenvalue weighted by atomic mass is 32.2. The number of thiol groups is 4. The van der Waals surface area contributed by atoms with Crippen molar-refractivity contribution in [2.75, 3.05) is 23.0 Å². The third kappa shape index (κ3) is 5.74. The second-order valence-electron chi connectivity index (χ2n) is 3.87. The third-order valence-corrected chi connectivity index (χ3v) is 10.2. The fourth-order valence-electron chi connectivity index (χ4n) is 1.19. The van der Waals surface area contributed by atoms with Gasteiger partial charge in [-0.05, 0) is 6.92 Å². The summed E-state index contributed by atoms with van der Waals surface area (Å²) in [7, 11) is -7.08. The van der Waals surface area contributed by atoms with Crippen LogP contribution in [0.25, 0.3) is 0 Å². The first-order valence-electron chi connectivity index (χ1n) is 5.09. The van der Waals surface area contributed by atoms with Gasteiger partial charge in [-0.25, -0.2) is 16.8 Å². The second-order valence-corrected chi connectivity index (χ2v) is 11.0. The molecule has 0 aromatic heterocycles. The fraction of sp³-hybridized carbons (Fsp3) is 1.00. The molecule has 110 valence electrons. The number of hydrogen-bond donors (Lipinski definition) is 4. The molecule has 0 rings (SSSR count). The van der Waals surface area contributed by atoms with E-state index in [4.69, 9.17) is 0 Å². The molecule has 0 aliphatic carbocycles. The summed E-state index contributed by atoms with van der Waals surface area (Å²) in [4.78, 5) is 0. The molecule has 3 atom stereocenters. The van der Waals surface area contributed by atoms with Gasteiger partial charge in [0.2, 0.25) is 0 Å². The lowest BCUT2D eigenvalue weighted by Crippen LogP contribution is -2.36. The highest BCUT2D eigenvalue weighted by Crippen LogP contribution is 2.20. The zero-order valence-electron chi connectivity index (χ0n) is 9.80. The van der Waals surface area contributed by atoms with Crippen LogP contribution in [0.15, 0.2) is 0 Å². The van der Waals surface area contributed by atoms with Crippen molar-refractivity contribution >= 4 is 70.2 Å². The molecule has 0 aromatic carbocycles. The van der Waals surface area contributed by atoms with E-state index in [0.29, 0.717) is 0 Å². The molecular formula is C8H18O4S6. The van der Waals surface area contributed by atoms with Crippen LogP contribution in [0, 0.1) is 0 Å². The topological polar surface area (TPSA) is 68.3 Å². The van der Waals surface area contributed by atoms with Crippen molar-refractivity contribution in [1.29, 1.82) is 0 Å². The molecule has 3 unspecified atom stereocenters. The van der Waals surface area contributed by atoms with E-state index in [1.807, 2.05) is 0 Å². The standard InChI is InChI=1S/C8H18O4S6/c1-6(17(9,10)3-2-13)5-18(11,12)8(16)7(15)4-14/h6-8,13-16H,2-5H2,1H3. The van der Waals surface area contributed by atoms with E-state index in [9.17, 15) is 16.8 Å². The van der Waals surface area contributed by atoms with Crippen LogP contribution in [0.1, 0.15) is 6.92 Å². The van der Waals surface area contributed by atoms with E-state index >= 15 is 0 Å². The van der Waals surface area contributed by atoms with Gasteiger partial charge >= 0.3 is 0 Å². The molecule has 0 radical (unpaired) electrons. The lowest BCUT2D eigenvalue weighted by atomic mass is 10.5. The maximum atomic E-state index is 11.9. The van der Waals surface area contributed by atoms with Crippen LogP contribution in [0.2, 0.25) is 0 Å². The maximum Gasteiger partial charge on any atom is 0.164 e. The molecule has 10 heteroatoms. The first kappa shape index (κ1) is 19.3. The van der Waals surface area contributed by atoms with E-state index in [1.54, 1.807) is 0 Å². The van der Waals surface area contributed by atoms with Crippen LogP contribution in [0.3, 0.4) is 0 Å². The second kappa shape index (κ2) is 7.92. The lowest BCUT2D eigenvalue weighted by Gasteiger charge is -2.19. The zero-order valence-corrected chi connectivity index (χ0v) is 15.0. The first-order valence-corrected chi connectivity index (χ1v) is 10.8. The minimum atomic E-state index is -3.64. The van der Waals surface area contributed by atoms with Crippen molar-refractivity contribution in [3.63, 3.8) is 0 Å². The third-order valence-electron chi connectivity index (χ3n) is 2.34. The number of rotatable bonds is 8. The molecule has 0 aliphatic rings. The van der Waals surface area contributed by atoms with Gasteiger partial charge in [-0.3, -0.25) is 0 Å². The maximum absolute atomic E-state index is 11.9. The van der Waals surface area contributed by atoms with E-state index in [-0.39, 0.29) is 17.3 Å². The Bertz CT molecular complexity index is 442. The summed E-state index contributed by atoms with van der Waals surface area (Å²) in [6.07, 6.45) is 0. The molecule has 18 heavy (non-hydrogen) atoms. The number of hydrogen-bond acceptors (Lipinski definition) is 8. The van der Waals surface area contributed by atoms with E-state index in [0.717, 1.165) is 0 Å². The minimum Gasteiger partial charge on any atom is -0.228 e. The largest absolute Gasteiger partial charge is 0.228 e. The highest BCUT2D eigenvalue weighted by molar-refractivity contribution is 8.06. The first-order chi connectivity index (χ1) is 8.08. The Balaban J connectivity index is 4.90. The van der Waals surface area contributed by atoms with Crippen molar-refractivity contribution in [3.05, 3.63) is 0 Å². The Morgan fingerprint density at radius 3 is 1.89 bits per heavy atom. The smallest absolute Gasteiger partial charge is 0.164 e. The van der Waals surface area contributed by atoms with E-state index < -0.39 is 40.5 Å². The van der Waals surface area contributed by atoms with Crippen LogP contribution in [0.5, 0.6) is 0 Å². The molecule has 0 heterocycles.